The summed E-state index contributed by atoms with van der Waals surface area (Å²) in [5.41, 5.74) is 2.79. The zero-order valence-corrected chi connectivity index (χ0v) is 16.6. The summed E-state index contributed by atoms with van der Waals surface area (Å²) in [6.07, 6.45) is 3.84. The van der Waals surface area contributed by atoms with Crippen LogP contribution >= 0.6 is 0 Å². The lowest BCUT2D eigenvalue weighted by molar-refractivity contribution is 0.328. The van der Waals surface area contributed by atoms with Crippen LogP contribution in [0.3, 0.4) is 0 Å². The highest BCUT2D eigenvalue weighted by atomic mass is 32.2. The summed E-state index contributed by atoms with van der Waals surface area (Å²) >= 11 is 0. The van der Waals surface area contributed by atoms with Crippen LogP contribution in [-0.4, -0.2) is 26.4 Å². The van der Waals surface area contributed by atoms with Crippen molar-refractivity contribution in [1.29, 1.82) is 0 Å². The average molecular weight is 374 g/mol. The molecule has 140 valence electrons. The summed E-state index contributed by atoms with van der Waals surface area (Å²) < 4.78 is 34.0. The summed E-state index contributed by atoms with van der Waals surface area (Å²) in [5, 5.41) is 0. The summed E-state index contributed by atoms with van der Waals surface area (Å²) in [6, 6.07) is 13.3. The predicted molar refractivity (Wildman–Crippen MR) is 104 cm³/mol. The molecule has 0 bridgehead atoms. The number of methoxy groups -OCH3 is 1. The fourth-order valence-electron chi connectivity index (χ4n) is 3.64. The molecule has 26 heavy (non-hydrogen) atoms. The maximum absolute atomic E-state index is 13.5. The van der Waals surface area contributed by atoms with Gasteiger partial charge in [-0.05, 0) is 61.6 Å². The van der Waals surface area contributed by atoms with E-state index in [9.17, 15) is 8.42 Å². The molecule has 1 aliphatic heterocycles. The average Bonchev–Trinajstić information content (AvgIpc) is 2.90. The van der Waals surface area contributed by atoms with Crippen LogP contribution < -0.4 is 4.74 Å². The van der Waals surface area contributed by atoms with E-state index < -0.39 is 10.0 Å². The first-order chi connectivity index (χ1) is 12.4. The van der Waals surface area contributed by atoms with E-state index in [2.05, 4.69) is 0 Å². The van der Waals surface area contributed by atoms with Crippen LogP contribution in [0.5, 0.6) is 5.75 Å². The molecule has 2 aromatic rings. The van der Waals surface area contributed by atoms with E-state index in [-0.39, 0.29) is 6.04 Å². The number of hydrogen-bond donors (Lipinski definition) is 0. The lowest BCUT2D eigenvalue weighted by Crippen LogP contribution is -2.35. The fourth-order valence-corrected chi connectivity index (χ4v) is 5.63. The molecule has 3 rings (SSSR count). The van der Waals surface area contributed by atoms with Gasteiger partial charge in [-0.15, -0.1) is 0 Å². The maximum atomic E-state index is 13.5. The topological polar surface area (TPSA) is 46.6 Å². The second-order valence-electron chi connectivity index (χ2n) is 7.02. The van der Waals surface area contributed by atoms with Crippen molar-refractivity contribution >= 4 is 10.0 Å². The Bertz CT molecular complexity index is 859. The highest BCUT2D eigenvalue weighted by molar-refractivity contribution is 7.89. The van der Waals surface area contributed by atoms with Crippen molar-refractivity contribution in [2.24, 2.45) is 0 Å². The fraction of sp³-hybridized carbons (Fsp3) is 0.429. The number of benzene rings is 2. The van der Waals surface area contributed by atoms with Gasteiger partial charge in [0.05, 0.1) is 18.0 Å². The van der Waals surface area contributed by atoms with Crippen molar-refractivity contribution < 1.29 is 13.2 Å². The Hall–Kier alpha value is -1.85. The highest BCUT2D eigenvalue weighted by Crippen LogP contribution is 2.36. The summed E-state index contributed by atoms with van der Waals surface area (Å²) in [7, 11) is -1.91. The Kier molecular flexibility index (Phi) is 5.68. The van der Waals surface area contributed by atoms with Crippen LogP contribution in [0.25, 0.3) is 0 Å². The van der Waals surface area contributed by atoms with Crippen molar-refractivity contribution in [2.75, 3.05) is 13.7 Å². The van der Waals surface area contributed by atoms with Gasteiger partial charge in [0, 0.05) is 6.54 Å². The molecule has 1 atom stereocenters. The number of hydrogen-bond acceptors (Lipinski definition) is 3. The number of sulfonamides is 1. The lowest BCUT2D eigenvalue weighted by Gasteiger charge is -2.30. The zero-order chi connectivity index (χ0) is 18.7. The Morgan fingerprint density at radius 1 is 1.00 bits per heavy atom. The van der Waals surface area contributed by atoms with Crippen LogP contribution in [0.2, 0.25) is 0 Å². The number of rotatable bonds is 4. The molecule has 0 N–H and O–H groups in total. The molecule has 0 aliphatic carbocycles. The van der Waals surface area contributed by atoms with Gasteiger partial charge in [-0.2, -0.15) is 4.31 Å². The van der Waals surface area contributed by atoms with Gasteiger partial charge < -0.3 is 4.74 Å². The zero-order valence-electron chi connectivity index (χ0n) is 15.7. The summed E-state index contributed by atoms with van der Waals surface area (Å²) in [6.45, 7) is 4.36. The first kappa shape index (κ1) is 18.9. The molecule has 2 aromatic carbocycles. The van der Waals surface area contributed by atoms with Gasteiger partial charge in [0.25, 0.3) is 0 Å². The molecule has 1 fully saturated rings. The smallest absolute Gasteiger partial charge is 0.243 e. The molecule has 1 aliphatic rings. The van der Waals surface area contributed by atoms with E-state index in [1.165, 1.54) is 0 Å². The van der Waals surface area contributed by atoms with Gasteiger partial charge in [0.2, 0.25) is 10.0 Å². The molecule has 0 spiro atoms. The second-order valence-corrected chi connectivity index (χ2v) is 8.88. The van der Waals surface area contributed by atoms with Crippen LogP contribution in [-0.2, 0) is 10.0 Å². The SMILES string of the molecule is COc1ccc(C2CCCCCN2S(=O)(=O)c2cc(C)ccc2C)cc1. The van der Waals surface area contributed by atoms with E-state index in [4.69, 9.17) is 4.74 Å². The highest BCUT2D eigenvalue weighted by Gasteiger charge is 2.34. The molecule has 1 unspecified atom stereocenters. The van der Waals surface area contributed by atoms with Crippen LogP contribution in [0, 0.1) is 13.8 Å². The Labute approximate surface area is 156 Å². The Balaban J connectivity index is 2.04. The lowest BCUT2D eigenvalue weighted by atomic mass is 10.0. The van der Waals surface area contributed by atoms with E-state index in [0.29, 0.717) is 11.4 Å². The standard InChI is InChI=1S/C21H27NO3S/c1-16-8-9-17(2)21(15-16)26(23,24)22-14-6-4-5-7-20(22)18-10-12-19(25-3)13-11-18/h8-13,15,20H,4-7,14H2,1-3H3. The van der Waals surface area contributed by atoms with Crippen LogP contribution in [0.4, 0.5) is 0 Å². The van der Waals surface area contributed by atoms with E-state index in [1.807, 2.05) is 50.2 Å². The van der Waals surface area contributed by atoms with E-state index >= 15 is 0 Å². The van der Waals surface area contributed by atoms with Crippen molar-refractivity contribution in [3.63, 3.8) is 0 Å². The largest absolute Gasteiger partial charge is 0.497 e. The number of ether oxygens (including phenoxy) is 1. The summed E-state index contributed by atoms with van der Waals surface area (Å²) in [5.74, 6) is 0.784. The van der Waals surface area contributed by atoms with Gasteiger partial charge in [0.1, 0.15) is 5.75 Å². The maximum Gasteiger partial charge on any atom is 0.243 e. The third-order valence-corrected chi connectivity index (χ3v) is 7.18. The van der Waals surface area contributed by atoms with Crippen LogP contribution in [0.15, 0.2) is 47.4 Å². The first-order valence-electron chi connectivity index (χ1n) is 9.16. The Morgan fingerprint density at radius 3 is 2.42 bits per heavy atom. The predicted octanol–water partition coefficient (Wildman–Crippen LogP) is 4.62. The Morgan fingerprint density at radius 2 is 1.73 bits per heavy atom. The molecule has 1 heterocycles. The number of nitrogens with zero attached hydrogens (tertiary/aromatic N) is 1. The molecule has 4 nitrogen and oxygen atoms in total. The van der Waals surface area contributed by atoms with Gasteiger partial charge in [0.15, 0.2) is 0 Å². The molecule has 1 saturated heterocycles. The molecular formula is C21H27NO3S. The molecule has 0 radical (unpaired) electrons. The van der Waals surface area contributed by atoms with Gasteiger partial charge in [-0.1, -0.05) is 37.1 Å². The molecule has 0 saturated carbocycles. The third kappa shape index (κ3) is 3.79. The molecule has 5 heteroatoms. The van der Waals surface area contributed by atoms with Crippen LogP contribution in [0.1, 0.15) is 48.4 Å². The first-order valence-corrected chi connectivity index (χ1v) is 10.6. The quantitative estimate of drug-likeness (QED) is 0.786. The van der Waals surface area contributed by atoms with Crippen molar-refractivity contribution in [1.82, 2.24) is 4.31 Å². The van der Waals surface area contributed by atoms with Gasteiger partial charge in [-0.3, -0.25) is 0 Å². The minimum absolute atomic E-state index is 0.131. The molecule has 0 amide bonds. The third-order valence-electron chi connectivity index (χ3n) is 5.13. The van der Waals surface area contributed by atoms with Crippen molar-refractivity contribution in [2.45, 2.75) is 50.5 Å². The van der Waals surface area contributed by atoms with Gasteiger partial charge in [-0.25, -0.2) is 8.42 Å². The second kappa shape index (κ2) is 7.80. The summed E-state index contributed by atoms with van der Waals surface area (Å²) in [4.78, 5) is 0.429. The number of aryl methyl sites for hydroxylation is 2. The van der Waals surface area contributed by atoms with E-state index in [0.717, 1.165) is 48.1 Å². The molecule has 0 aromatic heterocycles. The van der Waals surface area contributed by atoms with Crippen molar-refractivity contribution in [3.05, 3.63) is 59.2 Å². The van der Waals surface area contributed by atoms with Gasteiger partial charge >= 0.3 is 0 Å². The van der Waals surface area contributed by atoms with Crippen molar-refractivity contribution in [3.8, 4) is 5.75 Å². The molecular weight excluding hydrogens is 346 g/mol. The normalized spacial score (nSPS) is 19.1. The van der Waals surface area contributed by atoms with E-state index in [1.54, 1.807) is 17.5 Å². The minimum atomic E-state index is -3.55. The monoisotopic (exact) mass is 373 g/mol. The minimum Gasteiger partial charge on any atom is -0.497 e.